The van der Waals surface area contributed by atoms with Gasteiger partial charge in [0.2, 0.25) is 0 Å². The van der Waals surface area contributed by atoms with Gasteiger partial charge in [-0.3, -0.25) is 4.90 Å². The number of fused-ring (bicyclic) bond motifs is 1. The van der Waals surface area contributed by atoms with Gasteiger partial charge in [-0.2, -0.15) is 0 Å². The van der Waals surface area contributed by atoms with Crippen molar-refractivity contribution in [3.05, 3.63) is 40.6 Å². The molecular formula is C27H32Cl2N4O4. The maximum atomic E-state index is 6.51. The number of hydrogen-bond acceptors (Lipinski definition) is 8. The second-order valence-electron chi connectivity index (χ2n) is 9.31. The second-order valence-corrected chi connectivity index (χ2v) is 10.1. The molecular weight excluding hydrogens is 515 g/mol. The Morgan fingerprint density at radius 2 is 1.81 bits per heavy atom. The molecule has 0 radical (unpaired) electrons. The van der Waals surface area contributed by atoms with Gasteiger partial charge in [0.05, 0.1) is 47.0 Å². The summed E-state index contributed by atoms with van der Waals surface area (Å²) in [5.41, 5.74) is 1.33. The van der Waals surface area contributed by atoms with E-state index in [9.17, 15) is 0 Å². The minimum Gasteiger partial charge on any atom is -0.495 e. The fraction of sp³-hybridized carbons (Fsp3) is 0.481. The largest absolute Gasteiger partial charge is 0.495 e. The SMILES string of the molecule is COc1cc(Nc2ncnc3cc(OCCN4CCCCC4)cc(OC4CCOCC4)c23)c(Cl)cc1Cl. The molecule has 0 unspecified atom stereocenters. The number of benzene rings is 2. The summed E-state index contributed by atoms with van der Waals surface area (Å²) in [6, 6.07) is 7.25. The molecule has 0 saturated carbocycles. The van der Waals surface area contributed by atoms with Gasteiger partial charge in [0.1, 0.15) is 42.1 Å². The lowest BCUT2D eigenvalue weighted by Crippen LogP contribution is -2.33. The monoisotopic (exact) mass is 546 g/mol. The molecule has 2 aliphatic rings. The number of methoxy groups -OCH3 is 1. The summed E-state index contributed by atoms with van der Waals surface area (Å²) in [6.07, 6.45) is 7.02. The van der Waals surface area contributed by atoms with E-state index in [1.807, 2.05) is 12.1 Å². The first kappa shape index (κ1) is 26.1. The minimum absolute atomic E-state index is 0.0350. The molecule has 0 amide bonds. The van der Waals surface area contributed by atoms with Crippen molar-refractivity contribution in [2.75, 3.05) is 51.9 Å². The zero-order valence-corrected chi connectivity index (χ0v) is 22.5. The molecule has 0 bridgehead atoms. The normalized spacial score (nSPS) is 17.1. The highest BCUT2D eigenvalue weighted by Crippen LogP contribution is 2.40. The van der Waals surface area contributed by atoms with Gasteiger partial charge in [-0.25, -0.2) is 9.97 Å². The third-order valence-corrected chi connectivity index (χ3v) is 7.36. The molecule has 2 aliphatic heterocycles. The third-order valence-electron chi connectivity index (χ3n) is 6.76. The predicted molar refractivity (Wildman–Crippen MR) is 146 cm³/mol. The molecule has 2 fully saturated rings. The second kappa shape index (κ2) is 12.3. The van der Waals surface area contributed by atoms with Crippen LogP contribution in [0.3, 0.4) is 0 Å². The molecule has 0 atom stereocenters. The molecule has 37 heavy (non-hydrogen) atoms. The van der Waals surface area contributed by atoms with Crippen LogP contribution in [0.5, 0.6) is 17.2 Å². The van der Waals surface area contributed by atoms with Crippen LogP contribution in [0.1, 0.15) is 32.1 Å². The summed E-state index contributed by atoms with van der Waals surface area (Å²) in [5, 5.41) is 4.96. The van der Waals surface area contributed by atoms with Crippen LogP contribution in [0.25, 0.3) is 10.9 Å². The first-order valence-corrected chi connectivity index (χ1v) is 13.5. The standard InChI is InChI=1S/C27H32Cl2N4O4/c1-34-24-16-22(20(28)15-21(24)29)32-27-26-23(30-17-31-27)13-19(36-12-9-33-7-3-2-4-8-33)14-25(26)37-18-5-10-35-11-6-18/h13-18H,2-12H2,1H3,(H,30,31,32). The summed E-state index contributed by atoms with van der Waals surface area (Å²) in [5.74, 6) is 2.47. The topological polar surface area (TPSA) is 78.0 Å². The molecule has 10 heteroatoms. The molecule has 1 aromatic heterocycles. The number of aromatic nitrogens is 2. The highest BCUT2D eigenvalue weighted by molar-refractivity contribution is 6.37. The average molecular weight is 547 g/mol. The first-order chi connectivity index (χ1) is 18.1. The van der Waals surface area contributed by atoms with E-state index in [-0.39, 0.29) is 6.10 Å². The summed E-state index contributed by atoms with van der Waals surface area (Å²) < 4.78 is 23.6. The molecule has 1 N–H and O–H groups in total. The Kier molecular flexibility index (Phi) is 8.71. The Labute approximate surface area is 227 Å². The quantitative estimate of drug-likeness (QED) is 0.344. The Morgan fingerprint density at radius 3 is 2.59 bits per heavy atom. The zero-order chi connectivity index (χ0) is 25.6. The van der Waals surface area contributed by atoms with Crippen LogP contribution in [0.4, 0.5) is 11.5 Å². The average Bonchev–Trinajstić information content (AvgIpc) is 2.91. The number of anilines is 2. The molecule has 8 nitrogen and oxygen atoms in total. The van der Waals surface area contributed by atoms with Gasteiger partial charge in [-0.1, -0.05) is 29.6 Å². The molecule has 3 heterocycles. The number of nitrogens with one attached hydrogen (secondary N) is 1. The van der Waals surface area contributed by atoms with Gasteiger partial charge in [-0.05, 0) is 32.0 Å². The van der Waals surface area contributed by atoms with Gasteiger partial charge in [0.15, 0.2) is 0 Å². The van der Waals surface area contributed by atoms with E-state index in [2.05, 4.69) is 20.2 Å². The van der Waals surface area contributed by atoms with Crippen LogP contribution in [0, 0.1) is 0 Å². The van der Waals surface area contributed by atoms with Crippen LogP contribution < -0.4 is 19.5 Å². The Hall–Kier alpha value is -2.52. The maximum Gasteiger partial charge on any atom is 0.145 e. The lowest BCUT2D eigenvalue weighted by Gasteiger charge is -2.26. The van der Waals surface area contributed by atoms with Gasteiger partial charge in [0, 0.05) is 37.6 Å². The number of hydrogen-bond donors (Lipinski definition) is 1. The van der Waals surface area contributed by atoms with Crippen LogP contribution in [-0.4, -0.2) is 67.5 Å². The summed E-state index contributed by atoms with van der Waals surface area (Å²) in [4.78, 5) is 11.5. The Balaban J connectivity index is 1.45. The van der Waals surface area contributed by atoms with Gasteiger partial charge in [0.25, 0.3) is 0 Å². The third kappa shape index (κ3) is 6.49. The van der Waals surface area contributed by atoms with Gasteiger partial charge >= 0.3 is 0 Å². The Bertz CT molecular complexity index is 1220. The van der Waals surface area contributed by atoms with E-state index in [1.54, 1.807) is 19.2 Å². The lowest BCUT2D eigenvalue weighted by atomic mass is 10.1. The number of ether oxygens (including phenoxy) is 4. The molecule has 3 aromatic rings. The first-order valence-electron chi connectivity index (χ1n) is 12.8. The van der Waals surface area contributed by atoms with Gasteiger partial charge in [-0.15, -0.1) is 0 Å². The van der Waals surface area contributed by atoms with E-state index < -0.39 is 0 Å². The maximum absolute atomic E-state index is 6.51. The number of halogens is 2. The van der Waals surface area contributed by atoms with Crippen LogP contribution in [0.2, 0.25) is 10.0 Å². The minimum atomic E-state index is 0.0350. The van der Waals surface area contributed by atoms with Crippen molar-refractivity contribution in [1.82, 2.24) is 14.9 Å². The molecule has 198 valence electrons. The molecule has 5 rings (SSSR count). The van der Waals surface area contributed by atoms with Gasteiger partial charge < -0.3 is 24.3 Å². The van der Waals surface area contributed by atoms with E-state index in [1.165, 1.54) is 25.6 Å². The van der Waals surface area contributed by atoms with Crippen molar-refractivity contribution in [2.45, 2.75) is 38.2 Å². The highest BCUT2D eigenvalue weighted by Gasteiger charge is 2.21. The number of piperidine rings is 1. The van der Waals surface area contributed by atoms with Crippen LogP contribution in [0.15, 0.2) is 30.6 Å². The van der Waals surface area contributed by atoms with E-state index in [0.29, 0.717) is 58.4 Å². The number of likely N-dealkylation sites (tertiary alicyclic amines) is 1. The fourth-order valence-electron chi connectivity index (χ4n) is 4.76. The van der Waals surface area contributed by atoms with Crippen molar-refractivity contribution in [3.63, 3.8) is 0 Å². The van der Waals surface area contributed by atoms with E-state index >= 15 is 0 Å². The predicted octanol–water partition coefficient (Wildman–Crippen LogP) is 6.11. The zero-order valence-electron chi connectivity index (χ0n) is 21.0. The van der Waals surface area contributed by atoms with Crippen molar-refractivity contribution in [3.8, 4) is 17.2 Å². The molecule has 2 aromatic carbocycles. The summed E-state index contributed by atoms with van der Waals surface area (Å²) in [6.45, 7) is 5.14. The van der Waals surface area contributed by atoms with Crippen molar-refractivity contribution >= 4 is 45.6 Å². The fourth-order valence-corrected chi connectivity index (χ4v) is 5.27. The van der Waals surface area contributed by atoms with Crippen molar-refractivity contribution in [1.29, 1.82) is 0 Å². The highest BCUT2D eigenvalue weighted by atomic mass is 35.5. The lowest BCUT2D eigenvalue weighted by molar-refractivity contribution is 0.0261. The molecule has 0 aliphatic carbocycles. The Morgan fingerprint density at radius 1 is 1.00 bits per heavy atom. The summed E-state index contributed by atoms with van der Waals surface area (Å²) >= 11 is 12.7. The number of nitrogens with zero attached hydrogens (tertiary/aromatic N) is 3. The smallest absolute Gasteiger partial charge is 0.145 e. The van der Waals surface area contributed by atoms with E-state index in [4.69, 9.17) is 42.1 Å². The molecule has 2 saturated heterocycles. The summed E-state index contributed by atoms with van der Waals surface area (Å²) in [7, 11) is 1.56. The molecule has 0 spiro atoms. The van der Waals surface area contributed by atoms with E-state index in [0.717, 1.165) is 43.6 Å². The van der Waals surface area contributed by atoms with Crippen molar-refractivity contribution in [2.24, 2.45) is 0 Å². The van der Waals surface area contributed by atoms with Crippen LogP contribution >= 0.6 is 23.2 Å². The van der Waals surface area contributed by atoms with Crippen LogP contribution in [-0.2, 0) is 4.74 Å². The van der Waals surface area contributed by atoms with Crippen molar-refractivity contribution < 1.29 is 18.9 Å². The number of rotatable bonds is 9.